The minimum atomic E-state index is -0.513. The smallest absolute Gasteiger partial charge is 0.267 e. The van der Waals surface area contributed by atoms with Crippen LogP contribution in [0.15, 0.2) is 29.1 Å². The fourth-order valence-electron chi connectivity index (χ4n) is 5.56. The number of fused-ring (bicyclic) bond motifs is 3. The number of aliphatic hydroxyl groups is 1. The molecule has 4 N–H and O–H groups in total. The number of nitrogens with one attached hydrogen (secondary N) is 2. The number of amides is 1. The molecular weight excluding hydrogens is 408 g/mol. The van der Waals surface area contributed by atoms with E-state index in [0.29, 0.717) is 36.1 Å². The van der Waals surface area contributed by atoms with Gasteiger partial charge in [0.2, 0.25) is 0 Å². The van der Waals surface area contributed by atoms with Crippen molar-refractivity contribution in [1.29, 1.82) is 0 Å². The molecule has 2 aliphatic rings. The predicted molar refractivity (Wildman–Crippen MR) is 124 cm³/mol. The molecule has 4 rings (SSSR count). The first-order chi connectivity index (χ1) is 15.3. The summed E-state index contributed by atoms with van der Waals surface area (Å²) in [5.74, 6) is -0.767. The molecule has 2 fully saturated rings. The van der Waals surface area contributed by atoms with Gasteiger partial charge in [0.15, 0.2) is 0 Å². The van der Waals surface area contributed by atoms with Crippen LogP contribution in [0.25, 0.3) is 10.9 Å². The van der Waals surface area contributed by atoms with E-state index in [0.717, 1.165) is 25.7 Å². The topological polar surface area (TPSA) is 107 Å². The van der Waals surface area contributed by atoms with E-state index in [9.17, 15) is 19.8 Å². The third kappa shape index (κ3) is 4.14. The maximum atomic E-state index is 13.2. The van der Waals surface area contributed by atoms with E-state index in [1.165, 1.54) is 0 Å². The molecule has 174 valence electrons. The molecule has 2 unspecified atom stereocenters. The highest BCUT2D eigenvalue weighted by Crippen LogP contribution is 2.36. The number of piperidine rings is 1. The highest BCUT2D eigenvalue weighted by Gasteiger charge is 2.42. The fraction of sp³-hybridized carbons (Fsp3) is 0.583. The standard InChI is InChI=1S/C24H34N4O4/c1-14(2)28-20-7-5-4-6-19(20)22(30)21(24(28)32)23(31)26-15-10-16-8-9-17(11-15)27(16)13-18(29)12-25-3/h4-7,14-18,25,29-30H,8-13H2,1-3H3,(H,26,31)/t15?,16-,17+,18?. The van der Waals surface area contributed by atoms with Gasteiger partial charge in [-0.1, -0.05) is 12.1 Å². The van der Waals surface area contributed by atoms with Crippen molar-refractivity contribution >= 4 is 16.8 Å². The van der Waals surface area contributed by atoms with Gasteiger partial charge in [-0.25, -0.2) is 0 Å². The van der Waals surface area contributed by atoms with Gasteiger partial charge in [-0.3, -0.25) is 14.5 Å². The van der Waals surface area contributed by atoms with Gasteiger partial charge >= 0.3 is 0 Å². The van der Waals surface area contributed by atoms with Gasteiger partial charge in [-0.15, -0.1) is 0 Å². The minimum Gasteiger partial charge on any atom is -0.506 e. The average molecular weight is 443 g/mol. The predicted octanol–water partition coefficient (Wildman–Crippen LogP) is 1.59. The zero-order valence-electron chi connectivity index (χ0n) is 19.0. The zero-order valence-corrected chi connectivity index (χ0v) is 19.0. The summed E-state index contributed by atoms with van der Waals surface area (Å²) >= 11 is 0. The van der Waals surface area contributed by atoms with Crippen molar-refractivity contribution in [3.8, 4) is 5.75 Å². The summed E-state index contributed by atoms with van der Waals surface area (Å²) in [6.45, 7) is 4.96. The lowest BCUT2D eigenvalue weighted by molar-refractivity contribution is 0.0510. The minimum absolute atomic E-state index is 0.0598. The van der Waals surface area contributed by atoms with Crippen LogP contribution in [-0.2, 0) is 0 Å². The highest BCUT2D eigenvalue weighted by atomic mass is 16.3. The SMILES string of the molecule is CNCC(O)CN1[C@@H]2CC[C@H]1CC(NC(=O)c1c(O)c3ccccc3n(C(C)C)c1=O)C2. The van der Waals surface area contributed by atoms with Gasteiger partial charge in [-0.05, 0) is 58.7 Å². The van der Waals surface area contributed by atoms with E-state index in [1.54, 1.807) is 22.8 Å². The number of hydrogen-bond acceptors (Lipinski definition) is 6. The molecular formula is C24H34N4O4. The van der Waals surface area contributed by atoms with Crippen molar-refractivity contribution in [2.75, 3.05) is 20.1 Å². The number of likely N-dealkylation sites (N-methyl/N-ethyl adjacent to an activating group) is 1. The fourth-order valence-corrected chi connectivity index (χ4v) is 5.56. The molecule has 0 spiro atoms. The lowest BCUT2D eigenvalue weighted by Crippen LogP contribution is -2.53. The van der Waals surface area contributed by atoms with Crippen molar-refractivity contribution in [1.82, 2.24) is 20.1 Å². The van der Waals surface area contributed by atoms with E-state index >= 15 is 0 Å². The Labute approximate surface area is 188 Å². The van der Waals surface area contributed by atoms with Crippen molar-refractivity contribution in [3.63, 3.8) is 0 Å². The quantitative estimate of drug-likeness (QED) is 0.519. The van der Waals surface area contributed by atoms with Gasteiger partial charge < -0.3 is 25.4 Å². The first-order valence-corrected chi connectivity index (χ1v) is 11.6. The molecule has 0 aliphatic carbocycles. The molecule has 0 saturated carbocycles. The maximum Gasteiger partial charge on any atom is 0.267 e. The second kappa shape index (κ2) is 9.21. The molecule has 8 heteroatoms. The number of hydrogen-bond donors (Lipinski definition) is 4. The summed E-state index contributed by atoms with van der Waals surface area (Å²) in [7, 11) is 1.83. The molecule has 32 heavy (non-hydrogen) atoms. The van der Waals surface area contributed by atoms with Gasteiger partial charge in [0.1, 0.15) is 11.3 Å². The Balaban J connectivity index is 1.55. The number of aromatic nitrogens is 1. The van der Waals surface area contributed by atoms with Crippen LogP contribution in [0.3, 0.4) is 0 Å². The first-order valence-electron chi connectivity index (χ1n) is 11.6. The molecule has 1 amide bonds. The molecule has 4 atom stereocenters. The van der Waals surface area contributed by atoms with Crippen LogP contribution in [0.4, 0.5) is 0 Å². The largest absolute Gasteiger partial charge is 0.506 e. The number of aromatic hydroxyl groups is 1. The van der Waals surface area contributed by atoms with E-state index < -0.39 is 17.6 Å². The number of benzene rings is 1. The molecule has 1 aromatic carbocycles. The Bertz CT molecular complexity index is 1040. The van der Waals surface area contributed by atoms with Crippen molar-refractivity contribution in [2.45, 2.75) is 69.8 Å². The van der Waals surface area contributed by atoms with Gasteiger partial charge in [0.05, 0.1) is 11.6 Å². The Morgan fingerprint density at radius 1 is 1.19 bits per heavy atom. The van der Waals surface area contributed by atoms with Crippen molar-refractivity contribution < 1.29 is 15.0 Å². The van der Waals surface area contributed by atoms with Crippen LogP contribution in [-0.4, -0.2) is 70.0 Å². The summed E-state index contributed by atoms with van der Waals surface area (Å²) in [6.07, 6.45) is 3.23. The lowest BCUT2D eigenvalue weighted by atomic mass is 9.96. The number of para-hydroxylation sites is 1. The summed E-state index contributed by atoms with van der Waals surface area (Å²) in [5, 5.41) is 27.6. The normalized spacial score (nSPS) is 24.2. The van der Waals surface area contributed by atoms with Crippen LogP contribution in [0.1, 0.15) is 55.9 Å². The second-order valence-corrected chi connectivity index (χ2v) is 9.44. The van der Waals surface area contributed by atoms with Gasteiger partial charge in [0, 0.05) is 42.6 Å². The molecule has 3 heterocycles. The number of carbonyl (C=O) groups is 1. The molecule has 2 bridgehead atoms. The Hall–Kier alpha value is -2.42. The number of rotatable bonds is 7. The third-order valence-electron chi connectivity index (χ3n) is 6.91. The summed E-state index contributed by atoms with van der Waals surface area (Å²) in [6, 6.07) is 7.53. The van der Waals surface area contributed by atoms with Crippen molar-refractivity contribution in [2.24, 2.45) is 0 Å². The molecule has 2 aromatic rings. The molecule has 2 saturated heterocycles. The zero-order chi connectivity index (χ0) is 23.0. The highest BCUT2D eigenvalue weighted by molar-refractivity contribution is 6.02. The Morgan fingerprint density at radius 3 is 2.47 bits per heavy atom. The molecule has 0 radical (unpaired) electrons. The van der Waals surface area contributed by atoms with E-state index in [-0.39, 0.29) is 23.4 Å². The molecule has 1 aromatic heterocycles. The third-order valence-corrected chi connectivity index (χ3v) is 6.91. The number of aliphatic hydroxyl groups excluding tert-OH is 1. The first kappa shape index (κ1) is 22.8. The van der Waals surface area contributed by atoms with E-state index in [4.69, 9.17) is 0 Å². The van der Waals surface area contributed by atoms with E-state index in [2.05, 4.69) is 15.5 Å². The number of nitrogens with zero attached hydrogens (tertiary/aromatic N) is 2. The van der Waals surface area contributed by atoms with Crippen LogP contribution < -0.4 is 16.2 Å². The van der Waals surface area contributed by atoms with Crippen LogP contribution in [0.5, 0.6) is 5.75 Å². The maximum absolute atomic E-state index is 13.2. The lowest BCUT2D eigenvalue weighted by Gasteiger charge is -2.40. The van der Waals surface area contributed by atoms with Crippen LogP contribution in [0, 0.1) is 0 Å². The average Bonchev–Trinajstić information content (AvgIpc) is 2.96. The van der Waals surface area contributed by atoms with Crippen LogP contribution in [0.2, 0.25) is 0 Å². The molecule has 2 aliphatic heterocycles. The van der Waals surface area contributed by atoms with Crippen LogP contribution >= 0.6 is 0 Å². The molecule has 8 nitrogen and oxygen atoms in total. The van der Waals surface area contributed by atoms with E-state index in [1.807, 2.05) is 27.0 Å². The Kier molecular flexibility index (Phi) is 6.55. The summed E-state index contributed by atoms with van der Waals surface area (Å²) < 4.78 is 1.57. The monoisotopic (exact) mass is 442 g/mol. The number of carbonyl (C=O) groups excluding carboxylic acids is 1. The van der Waals surface area contributed by atoms with Crippen molar-refractivity contribution in [3.05, 3.63) is 40.2 Å². The number of pyridine rings is 1. The second-order valence-electron chi connectivity index (χ2n) is 9.44. The van der Waals surface area contributed by atoms with Gasteiger partial charge in [-0.2, -0.15) is 0 Å². The van der Waals surface area contributed by atoms with Gasteiger partial charge in [0.25, 0.3) is 11.5 Å². The Morgan fingerprint density at radius 2 is 1.84 bits per heavy atom. The summed E-state index contributed by atoms with van der Waals surface area (Å²) in [5.41, 5.74) is -0.0334. The summed E-state index contributed by atoms with van der Waals surface area (Å²) in [4.78, 5) is 28.8.